The molecule has 1 saturated heterocycles. The van der Waals surface area contributed by atoms with Crippen LogP contribution in [-0.2, 0) is 0 Å². The average Bonchev–Trinajstić information content (AvgIpc) is 2.27. The van der Waals surface area contributed by atoms with E-state index in [0.29, 0.717) is 0 Å². The third-order valence-corrected chi connectivity index (χ3v) is 3.69. The summed E-state index contributed by atoms with van der Waals surface area (Å²) in [6.07, 6.45) is 10.8. The summed E-state index contributed by atoms with van der Waals surface area (Å²) < 4.78 is 0. The molecule has 0 aromatic rings. The first-order valence-electron chi connectivity index (χ1n) is 5.34. The lowest BCUT2D eigenvalue weighted by atomic mass is 9.32. The molecule has 2 aliphatic rings. The van der Waals surface area contributed by atoms with E-state index < -0.39 is 0 Å². The zero-order chi connectivity index (χ0) is 7.68. The standard InChI is InChI=1S/C10H19B/c1-9-3-4-10(7-9)8-11-5-2-6-11/h9-10H,2-8H2,1H3. The maximum atomic E-state index is 2.42. The normalized spacial score (nSPS) is 37.4. The first-order valence-corrected chi connectivity index (χ1v) is 5.34. The minimum absolute atomic E-state index is 1.04. The van der Waals surface area contributed by atoms with Gasteiger partial charge in [0.2, 0.25) is 0 Å². The van der Waals surface area contributed by atoms with Gasteiger partial charge < -0.3 is 0 Å². The molecule has 2 unspecified atom stereocenters. The predicted octanol–water partition coefficient (Wildman–Crippen LogP) is 3.32. The van der Waals surface area contributed by atoms with Gasteiger partial charge in [0.25, 0.3) is 0 Å². The van der Waals surface area contributed by atoms with Crippen LogP contribution in [0.5, 0.6) is 0 Å². The molecule has 0 nitrogen and oxygen atoms in total. The molecule has 1 heteroatoms. The van der Waals surface area contributed by atoms with Gasteiger partial charge in [0.05, 0.1) is 0 Å². The molecule has 2 fully saturated rings. The Labute approximate surface area is 70.8 Å². The van der Waals surface area contributed by atoms with E-state index in [1.165, 1.54) is 25.7 Å². The summed E-state index contributed by atoms with van der Waals surface area (Å²) in [5.41, 5.74) is 0. The zero-order valence-electron chi connectivity index (χ0n) is 7.68. The van der Waals surface area contributed by atoms with Crippen LogP contribution >= 0.6 is 0 Å². The first-order chi connectivity index (χ1) is 5.34. The second-order valence-corrected chi connectivity index (χ2v) is 4.82. The molecule has 11 heavy (non-hydrogen) atoms. The Morgan fingerprint density at radius 3 is 2.55 bits per heavy atom. The predicted molar refractivity (Wildman–Crippen MR) is 51.3 cm³/mol. The molecule has 0 amide bonds. The third kappa shape index (κ3) is 1.80. The van der Waals surface area contributed by atoms with Crippen molar-refractivity contribution in [2.75, 3.05) is 0 Å². The summed E-state index contributed by atoms with van der Waals surface area (Å²) in [5.74, 6) is 2.16. The molecular formula is C10H19B. The van der Waals surface area contributed by atoms with Crippen molar-refractivity contribution in [1.29, 1.82) is 0 Å². The van der Waals surface area contributed by atoms with Gasteiger partial charge in [-0.05, 0) is 18.3 Å². The van der Waals surface area contributed by atoms with Crippen molar-refractivity contribution in [2.45, 2.75) is 51.6 Å². The van der Waals surface area contributed by atoms with Gasteiger partial charge in [0.15, 0.2) is 0 Å². The SMILES string of the molecule is CC1CCC(CB2CCC2)C1. The first kappa shape index (κ1) is 7.70. The quantitative estimate of drug-likeness (QED) is 0.529. The Kier molecular flexibility index (Phi) is 2.24. The van der Waals surface area contributed by atoms with Crippen LogP contribution in [0.3, 0.4) is 0 Å². The molecule has 0 radical (unpaired) electrons. The lowest BCUT2D eigenvalue weighted by Gasteiger charge is -2.24. The van der Waals surface area contributed by atoms with Gasteiger partial charge in [-0.1, -0.05) is 45.1 Å². The maximum Gasteiger partial charge on any atom is 0.140 e. The number of rotatable bonds is 2. The number of hydrogen-bond acceptors (Lipinski definition) is 0. The molecule has 1 saturated carbocycles. The van der Waals surface area contributed by atoms with Crippen molar-refractivity contribution < 1.29 is 0 Å². The largest absolute Gasteiger partial charge is 0.140 e. The molecule has 1 heterocycles. The molecule has 0 N–H and O–H groups in total. The number of hydrogen-bond donors (Lipinski definition) is 0. The smallest absolute Gasteiger partial charge is 0.0748 e. The summed E-state index contributed by atoms with van der Waals surface area (Å²) in [6, 6.07) is 0. The highest BCUT2D eigenvalue weighted by atomic mass is 14.2. The minimum atomic E-state index is 1.04. The van der Waals surface area contributed by atoms with Crippen molar-refractivity contribution in [2.24, 2.45) is 11.8 Å². The fraction of sp³-hybridized carbons (Fsp3) is 1.00. The van der Waals surface area contributed by atoms with Crippen molar-refractivity contribution >= 4 is 6.71 Å². The van der Waals surface area contributed by atoms with Crippen molar-refractivity contribution in [3.8, 4) is 0 Å². The van der Waals surface area contributed by atoms with E-state index in [9.17, 15) is 0 Å². The fourth-order valence-corrected chi connectivity index (χ4v) is 2.74. The van der Waals surface area contributed by atoms with Crippen LogP contribution in [0, 0.1) is 11.8 Å². The van der Waals surface area contributed by atoms with Crippen LogP contribution in [0.4, 0.5) is 0 Å². The van der Waals surface area contributed by atoms with Crippen LogP contribution in [0.2, 0.25) is 19.0 Å². The van der Waals surface area contributed by atoms with Gasteiger partial charge in [0.1, 0.15) is 6.71 Å². The molecular weight excluding hydrogens is 131 g/mol. The van der Waals surface area contributed by atoms with Gasteiger partial charge in [-0.2, -0.15) is 0 Å². The molecule has 0 aromatic carbocycles. The van der Waals surface area contributed by atoms with Crippen molar-refractivity contribution in [3.63, 3.8) is 0 Å². The average molecular weight is 150 g/mol. The summed E-state index contributed by atoms with van der Waals surface area (Å²) in [5, 5.41) is 0. The van der Waals surface area contributed by atoms with Crippen molar-refractivity contribution in [3.05, 3.63) is 0 Å². The Morgan fingerprint density at radius 2 is 2.09 bits per heavy atom. The van der Waals surface area contributed by atoms with Gasteiger partial charge in [-0.15, -0.1) is 0 Å². The zero-order valence-corrected chi connectivity index (χ0v) is 7.68. The van der Waals surface area contributed by atoms with E-state index in [0.717, 1.165) is 18.5 Å². The van der Waals surface area contributed by atoms with Crippen molar-refractivity contribution in [1.82, 2.24) is 0 Å². The second-order valence-electron chi connectivity index (χ2n) is 4.82. The maximum absolute atomic E-state index is 2.42. The summed E-state index contributed by atoms with van der Waals surface area (Å²) in [7, 11) is 0. The van der Waals surface area contributed by atoms with Gasteiger partial charge in [-0.25, -0.2) is 0 Å². The van der Waals surface area contributed by atoms with Gasteiger partial charge >= 0.3 is 0 Å². The monoisotopic (exact) mass is 150 g/mol. The summed E-state index contributed by atoms with van der Waals surface area (Å²) in [4.78, 5) is 0. The van der Waals surface area contributed by atoms with E-state index in [1.54, 1.807) is 19.0 Å². The van der Waals surface area contributed by atoms with E-state index in [-0.39, 0.29) is 0 Å². The molecule has 1 aliphatic carbocycles. The van der Waals surface area contributed by atoms with Crippen LogP contribution in [0.1, 0.15) is 32.6 Å². The Hall–Kier alpha value is 0.0649. The van der Waals surface area contributed by atoms with Gasteiger partial charge in [-0.3, -0.25) is 0 Å². The minimum Gasteiger partial charge on any atom is -0.0748 e. The Bertz CT molecular complexity index is 129. The van der Waals surface area contributed by atoms with Crippen LogP contribution in [0.25, 0.3) is 0 Å². The molecule has 0 bridgehead atoms. The van der Waals surface area contributed by atoms with E-state index in [1.807, 2.05) is 0 Å². The third-order valence-electron chi connectivity index (χ3n) is 3.69. The summed E-state index contributed by atoms with van der Waals surface area (Å²) in [6.45, 7) is 3.56. The molecule has 1 aliphatic heterocycles. The molecule has 62 valence electrons. The highest BCUT2D eigenvalue weighted by Crippen LogP contribution is 2.37. The highest BCUT2D eigenvalue weighted by molar-refractivity contribution is 6.61. The van der Waals surface area contributed by atoms with E-state index in [4.69, 9.17) is 0 Å². The second kappa shape index (κ2) is 3.20. The lowest BCUT2D eigenvalue weighted by molar-refractivity contribution is 0.548. The summed E-state index contributed by atoms with van der Waals surface area (Å²) >= 11 is 0. The Balaban J connectivity index is 1.70. The van der Waals surface area contributed by atoms with Crippen LogP contribution < -0.4 is 0 Å². The Morgan fingerprint density at radius 1 is 1.27 bits per heavy atom. The van der Waals surface area contributed by atoms with Gasteiger partial charge in [0, 0.05) is 0 Å². The molecule has 0 spiro atoms. The van der Waals surface area contributed by atoms with Crippen LogP contribution in [0.15, 0.2) is 0 Å². The molecule has 2 rings (SSSR count). The fourth-order valence-electron chi connectivity index (χ4n) is 2.74. The van der Waals surface area contributed by atoms with E-state index >= 15 is 0 Å². The van der Waals surface area contributed by atoms with E-state index in [2.05, 4.69) is 6.92 Å². The molecule has 2 atom stereocenters. The molecule has 0 aromatic heterocycles. The highest BCUT2D eigenvalue weighted by Gasteiger charge is 2.28. The lowest BCUT2D eigenvalue weighted by Crippen LogP contribution is -2.23. The topological polar surface area (TPSA) is 0 Å². The van der Waals surface area contributed by atoms with Crippen LogP contribution in [-0.4, -0.2) is 6.71 Å².